The maximum absolute atomic E-state index is 11.8. The molecule has 2 N–H and O–H groups in total. The molecule has 0 aromatic carbocycles. The molecule has 0 bridgehead atoms. The van der Waals surface area contributed by atoms with Crippen molar-refractivity contribution in [3.8, 4) is 0 Å². The number of halogens is 2. The number of carboxylic acid groups (broad SMARTS) is 1. The van der Waals surface area contributed by atoms with Gasteiger partial charge in [0.25, 0.3) is 0 Å². The first-order valence-electron chi connectivity index (χ1n) is 5.07. The molecule has 0 aliphatic carbocycles. The molecule has 2 heterocycles. The van der Waals surface area contributed by atoms with Gasteiger partial charge in [-0.2, -0.15) is 0 Å². The number of carbonyl (C=O) groups excluding carboxylic acids is 2. The number of hydrogen-bond acceptors (Lipinski definition) is 4. The van der Waals surface area contributed by atoms with Crippen molar-refractivity contribution in [1.82, 2.24) is 10.2 Å². The molecule has 4 atom stereocenters. The molecule has 0 spiro atoms. The van der Waals surface area contributed by atoms with Gasteiger partial charge in [0, 0.05) is 11.9 Å². The highest BCUT2D eigenvalue weighted by Crippen LogP contribution is 2.50. The van der Waals surface area contributed by atoms with Crippen LogP contribution in [0.3, 0.4) is 0 Å². The van der Waals surface area contributed by atoms with Crippen LogP contribution in [0.15, 0.2) is 0 Å². The Hall–Kier alpha value is -0.280. The summed E-state index contributed by atoms with van der Waals surface area (Å²) >= 11 is 7.92. The van der Waals surface area contributed by atoms with Crippen molar-refractivity contribution in [3.05, 3.63) is 0 Å². The third-order valence-electron chi connectivity index (χ3n) is 3.20. The first-order chi connectivity index (χ1) is 8.47. The second-order valence-corrected chi connectivity index (χ2v) is 7.48. The Labute approximate surface area is 124 Å². The number of fused-ring (bicyclic) bond motifs is 1. The molecule has 0 aromatic heterocycles. The van der Waals surface area contributed by atoms with Crippen molar-refractivity contribution in [3.63, 3.8) is 0 Å². The SMILES string of the molecule is O=CNC1C(=O)N2CC(CBr)(C(=O)O)C(Br)S[C@H]12. The zero-order valence-corrected chi connectivity index (χ0v) is 13.0. The summed E-state index contributed by atoms with van der Waals surface area (Å²) in [6, 6.07) is -0.547. The normalized spacial score (nSPS) is 38.7. The molecule has 2 rings (SSSR count). The van der Waals surface area contributed by atoms with E-state index in [0.29, 0.717) is 6.41 Å². The lowest BCUT2D eigenvalue weighted by Crippen LogP contribution is -2.74. The van der Waals surface area contributed by atoms with Crippen molar-refractivity contribution >= 4 is 61.9 Å². The number of amides is 2. The Morgan fingerprint density at radius 2 is 2.39 bits per heavy atom. The minimum atomic E-state index is -1.05. The molecule has 2 saturated heterocycles. The van der Waals surface area contributed by atoms with Crippen LogP contribution < -0.4 is 5.32 Å². The minimum Gasteiger partial charge on any atom is -0.481 e. The summed E-state index contributed by atoms with van der Waals surface area (Å²) in [5, 5.41) is 11.9. The van der Waals surface area contributed by atoms with E-state index in [9.17, 15) is 19.5 Å². The highest BCUT2D eigenvalue weighted by atomic mass is 79.9. The van der Waals surface area contributed by atoms with Crippen molar-refractivity contribution in [2.45, 2.75) is 15.6 Å². The third-order valence-corrected chi connectivity index (χ3v) is 7.22. The number of hydrogen-bond donors (Lipinski definition) is 2. The number of β-lactam (4-membered cyclic amide) rings is 1. The topological polar surface area (TPSA) is 86.7 Å². The van der Waals surface area contributed by atoms with E-state index in [4.69, 9.17) is 0 Å². The number of nitrogens with one attached hydrogen (secondary N) is 1. The second kappa shape index (κ2) is 5.01. The van der Waals surface area contributed by atoms with Gasteiger partial charge in [0.2, 0.25) is 12.3 Å². The lowest BCUT2D eigenvalue weighted by Gasteiger charge is -2.55. The summed E-state index contributed by atoms with van der Waals surface area (Å²) in [4.78, 5) is 35.1. The molecule has 2 aliphatic heterocycles. The molecule has 2 aliphatic rings. The molecule has 2 fully saturated rings. The van der Waals surface area contributed by atoms with Crippen LogP contribution >= 0.6 is 43.6 Å². The predicted octanol–water partition coefficient (Wildman–Crippen LogP) is 0.203. The van der Waals surface area contributed by atoms with Crippen molar-refractivity contribution in [2.24, 2.45) is 5.41 Å². The van der Waals surface area contributed by atoms with Gasteiger partial charge in [-0.3, -0.25) is 14.4 Å². The first kappa shape index (κ1) is 14.1. The number of nitrogens with zero attached hydrogens (tertiary/aromatic N) is 1. The Morgan fingerprint density at radius 1 is 1.72 bits per heavy atom. The van der Waals surface area contributed by atoms with E-state index in [-0.39, 0.29) is 27.3 Å². The molecule has 9 heteroatoms. The average Bonchev–Trinajstić information content (AvgIpc) is 2.35. The van der Waals surface area contributed by atoms with Crippen LogP contribution in [0.1, 0.15) is 0 Å². The summed E-state index contributed by atoms with van der Waals surface area (Å²) in [5.41, 5.74) is -1.05. The van der Waals surface area contributed by atoms with Crippen LogP contribution in [0.5, 0.6) is 0 Å². The predicted molar refractivity (Wildman–Crippen MR) is 72.7 cm³/mol. The van der Waals surface area contributed by atoms with Gasteiger partial charge in [0.15, 0.2) is 0 Å². The minimum absolute atomic E-state index is 0.136. The van der Waals surface area contributed by atoms with Crippen molar-refractivity contribution in [1.29, 1.82) is 0 Å². The first-order valence-corrected chi connectivity index (χ1v) is 8.05. The van der Waals surface area contributed by atoms with Gasteiger partial charge < -0.3 is 15.3 Å². The molecular weight excluding hydrogens is 392 g/mol. The summed E-state index contributed by atoms with van der Waals surface area (Å²) < 4.78 is -0.327. The molecule has 2 amide bonds. The number of thioether (sulfide) groups is 1. The van der Waals surface area contributed by atoms with Gasteiger partial charge in [-0.25, -0.2) is 0 Å². The monoisotopic (exact) mass is 400 g/mol. The van der Waals surface area contributed by atoms with E-state index in [1.807, 2.05) is 0 Å². The Kier molecular flexibility index (Phi) is 3.93. The highest BCUT2D eigenvalue weighted by Gasteiger charge is 2.60. The Morgan fingerprint density at radius 3 is 2.89 bits per heavy atom. The second-order valence-electron chi connectivity index (χ2n) is 4.17. The molecular formula is C9H10Br2N2O4S. The molecule has 18 heavy (non-hydrogen) atoms. The summed E-state index contributed by atoms with van der Waals surface area (Å²) in [6.07, 6.45) is 0.493. The number of carbonyl (C=O) groups is 3. The van der Waals surface area contributed by atoms with Crippen LogP contribution in [-0.4, -0.2) is 55.7 Å². The number of carboxylic acids is 1. The van der Waals surface area contributed by atoms with E-state index in [1.165, 1.54) is 16.7 Å². The molecule has 100 valence electrons. The van der Waals surface area contributed by atoms with Crippen LogP contribution in [0.2, 0.25) is 0 Å². The molecule has 3 unspecified atom stereocenters. The van der Waals surface area contributed by atoms with Crippen LogP contribution in [0.4, 0.5) is 0 Å². The van der Waals surface area contributed by atoms with E-state index in [2.05, 4.69) is 37.2 Å². The molecule has 0 aromatic rings. The van der Waals surface area contributed by atoms with Crippen LogP contribution in [-0.2, 0) is 14.4 Å². The van der Waals surface area contributed by atoms with E-state index < -0.39 is 17.4 Å². The molecule has 0 saturated carbocycles. The summed E-state index contributed by atoms with van der Waals surface area (Å²) in [6.45, 7) is 0.136. The van der Waals surface area contributed by atoms with Crippen LogP contribution in [0.25, 0.3) is 0 Å². The van der Waals surface area contributed by atoms with E-state index in [1.54, 1.807) is 0 Å². The highest BCUT2D eigenvalue weighted by molar-refractivity contribution is 9.11. The van der Waals surface area contributed by atoms with Gasteiger partial charge in [0.05, 0.1) is 4.16 Å². The quantitative estimate of drug-likeness (QED) is 0.399. The zero-order valence-electron chi connectivity index (χ0n) is 9.01. The number of rotatable bonds is 4. The third kappa shape index (κ3) is 1.87. The summed E-state index contributed by atoms with van der Waals surface area (Å²) in [5.74, 6) is -1.18. The van der Waals surface area contributed by atoms with Gasteiger partial charge in [0.1, 0.15) is 16.8 Å². The maximum atomic E-state index is 11.8. The van der Waals surface area contributed by atoms with E-state index >= 15 is 0 Å². The largest absolute Gasteiger partial charge is 0.481 e. The zero-order chi connectivity index (χ0) is 13.5. The van der Waals surface area contributed by atoms with Gasteiger partial charge in [-0.05, 0) is 0 Å². The average molecular weight is 402 g/mol. The van der Waals surface area contributed by atoms with Gasteiger partial charge >= 0.3 is 5.97 Å². The Balaban J connectivity index is 2.19. The lowest BCUT2D eigenvalue weighted by molar-refractivity contribution is -0.157. The van der Waals surface area contributed by atoms with Gasteiger partial charge in [-0.1, -0.05) is 31.9 Å². The molecule has 0 radical (unpaired) electrons. The lowest BCUT2D eigenvalue weighted by atomic mass is 9.89. The van der Waals surface area contributed by atoms with E-state index in [0.717, 1.165) is 0 Å². The fraction of sp³-hybridized carbons (Fsp3) is 0.667. The maximum Gasteiger partial charge on any atom is 0.314 e. The fourth-order valence-corrected chi connectivity index (χ4v) is 6.02. The fourth-order valence-electron chi connectivity index (χ4n) is 2.02. The number of aliphatic carboxylic acids is 1. The van der Waals surface area contributed by atoms with Gasteiger partial charge in [-0.15, -0.1) is 11.8 Å². The standard InChI is InChI=1S/C9H10Br2N2O4S/c10-1-9(8(16)17)2-13-5(15)4(12-3-14)6(13)18-7(9)11/h3-4,6-7H,1-2H2,(H,12,14)(H,16,17)/t4?,6-,7?,9?/m1/s1. The smallest absolute Gasteiger partial charge is 0.314 e. The number of alkyl halides is 2. The van der Waals surface area contributed by atoms with Crippen LogP contribution in [0, 0.1) is 5.41 Å². The molecule has 6 nitrogen and oxygen atoms in total. The Bertz CT molecular complexity index is 410. The van der Waals surface area contributed by atoms with Crippen molar-refractivity contribution in [2.75, 3.05) is 11.9 Å². The summed E-state index contributed by atoms with van der Waals surface area (Å²) in [7, 11) is 0. The van der Waals surface area contributed by atoms with Crippen molar-refractivity contribution < 1.29 is 19.5 Å².